The van der Waals surface area contributed by atoms with E-state index in [1.807, 2.05) is 0 Å². The number of carbonyl (C=O) groups is 3. The third kappa shape index (κ3) is 45.8. The van der Waals surface area contributed by atoms with Crippen molar-refractivity contribution in [2.24, 2.45) is 0 Å². The van der Waals surface area contributed by atoms with E-state index in [4.69, 9.17) is 98.4 Å². The van der Waals surface area contributed by atoms with E-state index in [0.29, 0.717) is 0 Å². The molecule has 1 aromatic heterocycles. The van der Waals surface area contributed by atoms with Crippen LogP contribution in [0, 0.1) is 0 Å². The Morgan fingerprint density at radius 2 is 0.623 bits per heavy atom. The van der Waals surface area contributed by atoms with Gasteiger partial charge in [-0.2, -0.15) is 0 Å². The molecule has 0 bridgehead atoms. The van der Waals surface area contributed by atoms with Crippen LogP contribution in [0.2, 0.25) is 0 Å². The Hall–Kier alpha value is -1.42. The molecule has 1 heterocycles. The van der Waals surface area contributed by atoms with E-state index in [-0.39, 0.29) is 12.4 Å². The molecule has 1 aromatic rings. The standard InChI is InChI=1S/C21H38N.C6H18O24P6.C6H8O7.ClH.H3O4P/c1-2-3-4-5-6-7-8-9-10-11-12-13-14-16-19-22-20-17-15-18-21-22;7-31(8,9)25-1-2(26-32(10,11)12)4(28-34(16,17)18)6(30-36(22,23)24)5(29-35(19,20)21)3(1)27-33(13,14)15;7-3(8)1-6(13,5(11)12)2-4(9)10;;1-5(2,3)4/h15,17-18,20-21H,2-14,16,19H2,1H3;1-6H,(H2,7,8,9)(H2,10,11,12)(H2,13,14,15)(H2,16,17,18)(H2,19,20,21)(H2,22,23,24);13H,1-2H2,(H,7,8)(H,9,10)(H,11,12);1H;(H3,1,2,3,4)/q+1;;;;/p-1. The lowest BCUT2D eigenvalue weighted by Crippen LogP contribution is -3.00. The first-order chi connectivity index (χ1) is 34.3. The number of aliphatic carboxylic acids is 3. The molecule has 2 rings (SSSR count). The molecule has 36 nitrogen and oxygen atoms in total. The first-order valence-electron chi connectivity index (χ1n) is 21.8. The number of phosphoric ester groups is 6. The molecule has 1 fully saturated rings. The number of halogens is 1. The van der Waals surface area contributed by atoms with Gasteiger partial charge in [0, 0.05) is 18.6 Å². The molecule has 1 aliphatic rings. The molecule has 0 amide bonds. The lowest BCUT2D eigenvalue weighted by atomic mass is 9.85. The van der Waals surface area contributed by atoms with Crippen molar-refractivity contribution in [3.05, 3.63) is 30.6 Å². The minimum Gasteiger partial charge on any atom is -1.00 e. The molecule has 0 saturated heterocycles. The lowest BCUT2D eigenvalue weighted by Gasteiger charge is -2.48. The number of rotatable bonds is 32. The van der Waals surface area contributed by atoms with E-state index in [0.717, 1.165) is 0 Å². The molecule has 0 spiro atoms. The van der Waals surface area contributed by atoms with Crippen LogP contribution < -0.4 is 17.0 Å². The molecular formula is C33H67ClNO35P7. The molecule has 0 aliphatic heterocycles. The summed E-state index contributed by atoms with van der Waals surface area (Å²) in [5, 5.41) is 33.8. The fourth-order valence-electron chi connectivity index (χ4n) is 6.58. The average molecular weight is 1290 g/mol. The normalized spacial score (nSPS) is 19.4. The molecule has 44 heteroatoms. The number of nitrogens with zero attached hydrogens (tertiary/aromatic N) is 1. The quantitative estimate of drug-likeness (QED) is 0.0214. The van der Waals surface area contributed by atoms with Crippen molar-refractivity contribution >= 4 is 72.7 Å². The van der Waals surface area contributed by atoms with Crippen LogP contribution in [-0.2, 0) is 80.0 Å². The zero-order valence-corrected chi connectivity index (χ0v) is 47.4. The van der Waals surface area contributed by atoms with Gasteiger partial charge in [0.25, 0.3) is 0 Å². The minimum atomic E-state index is -6.02. The van der Waals surface area contributed by atoms with Crippen LogP contribution in [0.4, 0.5) is 0 Å². The summed E-state index contributed by atoms with van der Waals surface area (Å²) in [7, 11) is -40.7. The summed E-state index contributed by atoms with van der Waals surface area (Å²) >= 11 is 0. The fourth-order valence-corrected chi connectivity index (χ4v) is 9.92. The van der Waals surface area contributed by atoms with E-state index < -0.39 is 128 Å². The Morgan fingerprint density at radius 1 is 0.416 bits per heavy atom. The van der Waals surface area contributed by atoms with Crippen molar-refractivity contribution in [3.63, 3.8) is 0 Å². The number of aromatic nitrogens is 1. The summed E-state index contributed by atoms with van der Waals surface area (Å²) in [6.45, 7) is 3.47. The lowest BCUT2D eigenvalue weighted by molar-refractivity contribution is -0.697. The molecule has 77 heavy (non-hydrogen) atoms. The number of phosphoric acid groups is 7. The van der Waals surface area contributed by atoms with Crippen LogP contribution in [0.25, 0.3) is 0 Å². The van der Waals surface area contributed by atoms with Crippen LogP contribution in [0.1, 0.15) is 110 Å². The van der Waals surface area contributed by atoms with Gasteiger partial charge >= 0.3 is 72.7 Å². The van der Waals surface area contributed by atoms with E-state index >= 15 is 0 Å². The highest BCUT2D eigenvalue weighted by Crippen LogP contribution is 2.57. The summed E-state index contributed by atoms with van der Waals surface area (Å²) in [6, 6.07) is 6.31. The highest BCUT2D eigenvalue weighted by atomic mass is 35.5. The number of unbranched alkanes of at least 4 members (excludes halogenated alkanes) is 13. The molecule has 0 unspecified atom stereocenters. The Labute approximate surface area is 444 Å². The van der Waals surface area contributed by atoms with Crippen LogP contribution >= 0.6 is 54.8 Å². The maximum atomic E-state index is 11.4. The van der Waals surface area contributed by atoms with Gasteiger partial charge in [-0.15, -0.1) is 0 Å². The third-order valence-corrected chi connectivity index (χ3v) is 12.4. The SMILES string of the molecule is CCCCCCCCCCCCCCCC[n+]1ccccc1.O=C(O)CC(O)(CC(=O)O)C(=O)O.O=P(O)(O)O.O=P(O)(O)OC1C(OP(=O)(O)O)C(OP(=O)(O)O)C(OP(=O)(O)O)C(OP(=O)(O)O)C1OP(=O)(O)O.[Cl-]. The van der Waals surface area contributed by atoms with Crippen molar-refractivity contribution in [1.82, 2.24) is 0 Å². The molecule has 0 radical (unpaired) electrons. The van der Waals surface area contributed by atoms with Crippen molar-refractivity contribution in [2.45, 2.75) is 158 Å². The van der Waals surface area contributed by atoms with Gasteiger partial charge in [-0.05, 0) is 6.42 Å². The molecule has 0 aromatic carbocycles. The smallest absolute Gasteiger partial charge is 0.470 e. The maximum Gasteiger partial charge on any atom is 0.470 e. The summed E-state index contributed by atoms with van der Waals surface area (Å²) in [5.41, 5.74) is -2.74. The number of hydrogen-bond donors (Lipinski definition) is 19. The van der Waals surface area contributed by atoms with Gasteiger partial charge in [-0.25, -0.2) is 41.3 Å². The molecule has 0 atom stereocenters. The highest BCUT2D eigenvalue weighted by molar-refractivity contribution is 7.48. The predicted molar refractivity (Wildman–Crippen MR) is 250 cm³/mol. The van der Waals surface area contributed by atoms with Crippen molar-refractivity contribution in [1.29, 1.82) is 0 Å². The van der Waals surface area contributed by atoms with E-state index in [9.17, 15) is 41.8 Å². The van der Waals surface area contributed by atoms with Crippen molar-refractivity contribution in [2.75, 3.05) is 0 Å². The second-order valence-corrected chi connectivity index (χ2v) is 24.2. The van der Waals surface area contributed by atoms with Crippen molar-refractivity contribution < 1.29 is 184 Å². The summed E-state index contributed by atoms with van der Waals surface area (Å²) in [5.74, 6) is -5.02. The zero-order chi connectivity index (χ0) is 59.6. The van der Waals surface area contributed by atoms with Crippen LogP contribution in [0.15, 0.2) is 30.6 Å². The van der Waals surface area contributed by atoms with E-state index in [2.05, 4.69) is 69.2 Å². The van der Waals surface area contributed by atoms with E-state index in [1.165, 1.54) is 96.4 Å². The monoisotopic (exact) mass is 1290 g/mol. The summed E-state index contributed by atoms with van der Waals surface area (Å²) in [4.78, 5) is 162. The largest absolute Gasteiger partial charge is 1.00 e. The number of carboxylic acid groups (broad SMARTS) is 3. The van der Waals surface area contributed by atoms with Gasteiger partial charge in [-0.3, -0.25) is 36.7 Å². The Kier molecular flexibility index (Phi) is 38.3. The summed E-state index contributed by atoms with van der Waals surface area (Å²) < 4.78 is 104. The minimum absolute atomic E-state index is 0. The first-order valence-corrected chi connectivity index (χ1v) is 32.6. The molecular weight excluding hydrogens is 1220 g/mol. The average Bonchev–Trinajstić information content (AvgIpc) is 3.19. The first kappa shape index (κ1) is 79.8. The van der Waals surface area contributed by atoms with Gasteiger partial charge in [0.15, 0.2) is 18.0 Å². The zero-order valence-electron chi connectivity index (χ0n) is 40.4. The number of aryl methyl sites for hydroxylation is 1. The number of aliphatic hydroxyl groups is 1. The van der Waals surface area contributed by atoms with Gasteiger partial charge in [0.05, 0.1) is 12.8 Å². The number of carboxylic acids is 3. The highest BCUT2D eigenvalue weighted by Gasteiger charge is 2.62. The van der Waals surface area contributed by atoms with Crippen molar-refractivity contribution in [3.8, 4) is 0 Å². The van der Waals surface area contributed by atoms with Gasteiger partial charge in [-0.1, -0.05) is 90.0 Å². The molecule has 456 valence electrons. The second-order valence-electron chi connectivity index (χ2n) is 16.1. The Balaban J connectivity index is -0.00000113. The van der Waals surface area contributed by atoms with E-state index in [1.54, 1.807) is 0 Å². The van der Waals surface area contributed by atoms with Gasteiger partial charge < -0.3 is 106 Å². The Morgan fingerprint density at radius 3 is 0.805 bits per heavy atom. The molecule has 1 saturated carbocycles. The molecule has 1 aliphatic carbocycles. The number of hydrogen-bond acceptors (Lipinski definition) is 17. The second kappa shape index (κ2) is 36.9. The predicted octanol–water partition coefficient (Wildman–Crippen LogP) is -1.85. The van der Waals surface area contributed by atoms with Gasteiger partial charge in [0.2, 0.25) is 0 Å². The van der Waals surface area contributed by atoms with Crippen LogP contribution in [0.3, 0.4) is 0 Å². The summed E-state index contributed by atoms with van der Waals surface area (Å²) in [6.07, 6.45) is 3.28. The fraction of sp³-hybridized carbons (Fsp3) is 0.758. The van der Waals surface area contributed by atoms with Crippen LogP contribution in [-0.4, -0.2) is 154 Å². The van der Waals surface area contributed by atoms with Crippen LogP contribution in [0.5, 0.6) is 0 Å². The third-order valence-electron chi connectivity index (χ3n) is 9.33. The Bertz CT molecular complexity index is 1970. The maximum absolute atomic E-state index is 11.4. The number of pyridine rings is 1. The van der Waals surface area contributed by atoms with Gasteiger partial charge in [0.1, 0.15) is 43.2 Å². The topological polar surface area (TPSA) is 614 Å². The molecule has 19 N–H and O–H groups in total.